The number of phenolic OH excluding ortho intramolecular Hbond substituents is 1. The Balaban J connectivity index is 1.82. The SMILES string of the molecule is OCC(O)CN1CC(Cc2ccccc2)Oc2cc(O)ccc21. The van der Waals surface area contributed by atoms with E-state index in [-0.39, 0.29) is 18.5 Å². The van der Waals surface area contributed by atoms with E-state index in [1.54, 1.807) is 18.2 Å². The van der Waals surface area contributed by atoms with Crippen LogP contribution in [0.15, 0.2) is 48.5 Å². The first kappa shape index (κ1) is 15.6. The van der Waals surface area contributed by atoms with Crippen molar-refractivity contribution in [3.05, 3.63) is 54.1 Å². The van der Waals surface area contributed by atoms with Crippen molar-refractivity contribution in [2.24, 2.45) is 0 Å². The van der Waals surface area contributed by atoms with Crippen molar-refractivity contribution in [3.8, 4) is 11.5 Å². The summed E-state index contributed by atoms with van der Waals surface area (Å²) in [7, 11) is 0. The van der Waals surface area contributed by atoms with E-state index in [4.69, 9.17) is 9.84 Å². The van der Waals surface area contributed by atoms with Crippen LogP contribution in [0.2, 0.25) is 0 Å². The van der Waals surface area contributed by atoms with Gasteiger partial charge in [0.15, 0.2) is 0 Å². The largest absolute Gasteiger partial charge is 0.508 e. The molecule has 23 heavy (non-hydrogen) atoms. The van der Waals surface area contributed by atoms with Gasteiger partial charge in [-0.25, -0.2) is 0 Å². The van der Waals surface area contributed by atoms with Crippen LogP contribution >= 0.6 is 0 Å². The Morgan fingerprint density at radius 3 is 2.70 bits per heavy atom. The molecule has 0 bridgehead atoms. The van der Waals surface area contributed by atoms with E-state index in [1.807, 2.05) is 35.2 Å². The molecule has 2 unspecified atom stereocenters. The van der Waals surface area contributed by atoms with Crippen LogP contribution in [0.4, 0.5) is 5.69 Å². The zero-order chi connectivity index (χ0) is 16.2. The van der Waals surface area contributed by atoms with Gasteiger partial charge in [-0.2, -0.15) is 0 Å². The number of aliphatic hydroxyl groups is 2. The van der Waals surface area contributed by atoms with Crippen LogP contribution < -0.4 is 9.64 Å². The molecule has 0 amide bonds. The highest BCUT2D eigenvalue weighted by Crippen LogP contribution is 2.36. The van der Waals surface area contributed by atoms with Crippen molar-refractivity contribution in [2.45, 2.75) is 18.6 Å². The van der Waals surface area contributed by atoms with Gasteiger partial charge in [0.05, 0.1) is 24.9 Å². The van der Waals surface area contributed by atoms with Gasteiger partial charge in [0.2, 0.25) is 0 Å². The molecule has 2 atom stereocenters. The van der Waals surface area contributed by atoms with E-state index >= 15 is 0 Å². The number of fused-ring (bicyclic) bond motifs is 1. The Bertz CT molecular complexity index is 647. The number of phenols is 1. The summed E-state index contributed by atoms with van der Waals surface area (Å²) in [5.41, 5.74) is 1.99. The van der Waals surface area contributed by atoms with Crippen molar-refractivity contribution >= 4 is 5.69 Å². The lowest BCUT2D eigenvalue weighted by atomic mass is 10.0. The average Bonchev–Trinajstić information content (AvgIpc) is 2.55. The molecule has 122 valence electrons. The Morgan fingerprint density at radius 1 is 1.17 bits per heavy atom. The third kappa shape index (κ3) is 3.75. The fraction of sp³-hybridized carbons (Fsp3) is 0.333. The van der Waals surface area contributed by atoms with E-state index < -0.39 is 6.10 Å². The molecule has 1 aliphatic rings. The molecular formula is C18H21NO4. The predicted molar refractivity (Wildman–Crippen MR) is 88.0 cm³/mol. The summed E-state index contributed by atoms with van der Waals surface area (Å²) in [6.45, 7) is 0.654. The van der Waals surface area contributed by atoms with Crippen LogP contribution in [-0.2, 0) is 6.42 Å². The van der Waals surface area contributed by atoms with Crippen LogP contribution in [0.25, 0.3) is 0 Å². The van der Waals surface area contributed by atoms with E-state index in [0.29, 0.717) is 18.8 Å². The summed E-state index contributed by atoms with van der Waals surface area (Å²) in [6, 6.07) is 15.0. The highest BCUT2D eigenvalue weighted by atomic mass is 16.5. The lowest BCUT2D eigenvalue weighted by Gasteiger charge is -2.37. The van der Waals surface area contributed by atoms with Gasteiger partial charge in [-0.05, 0) is 17.7 Å². The highest BCUT2D eigenvalue weighted by Gasteiger charge is 2.27. The molecule has 5 heteroatoms. The second kappa shape index (κ2) is 6.89. The monoisotopic (exact) mass is 315 g/mol. The molecule has 2 aromatic carbocycles. The molecule has 3 rings (SSSR count). The standard InChI is InChI=1S/C18H21NO4/c20-12-15(22)10-19-11-16(8-13-4-2-1-3-5-13)23-18-9-14(21)6-7-17(18)19/h1-7,9,15-16,20-22H,8,10-12H2. The molecule has 0 fully saturated rings. The molecule has 1 aliphatic heterocycles. The molecule has 3 N–H and O–H groups in total. The lowest BCUT2D eigenvalue weighted by Crippen LogP contribution is -2.45. The van der Waals surface area contributed by atoms with Gasteiger partial charge in [-0.3, -0.25) is 0 Å². The van der Waals surface area contributed by atoms with Gasteiger partial charge in [-0.15, -0.1) is 0 Å². The molecule has 0 saturated heterocycles. The normalized spacial score (nSPS) is 18.2. The number of anilines is 1. The minimum Gasteiger partial charge on any atom is -0.508 e. The predicted octanol–water partition coefficient (Wildman–Crippen LogP) is 1.56. The Morgan fingerprint density at radius 2 is 1.96 bits per heavy atom. The summed E-state index contributed by atoms with van der Waals surface area (Å²) in [5, 5.41) is 28.6. The van der Waals surface area contributed by atoms with E-state index in [1.165, 1.54) is 5.56 Å². The van der Waals surface area contributed by atoms with Crippen LogP contribution in [0.1, 0.15) is 5.56 Å². The van der Waals surface area contributed by atoms with Crippen LogP contribution in [0, 0.1) is 0 Å². The van der Waals surface area contributed by atoms with Crippen LogP contribution in [0.5, 0.6) is 11.5 Å². The third-order valence-electron chi connectivity index (χ3n) is 3.95. The van der Waals surface area contributed by atoms with Gasteiger partial charge in [0, 0.05) is 19.0 Å². The molecule has 1 heterocycles. The number of hydrogen-bond donors (Lipinski definition) is 3. The maximum atomic E-state index is 9.78. The summed E-state index contributed by atoms with van der Waals surface area (Å²) in [5.74, 6) is 0.745. The summed E-state index contributed by atoms with van der Waals surface area (Å²) in [4.78, 5) is 1.99. The summed E-state index contributed by atoms with van der Waals surface area (Å²) >= 11 is 0. The molecule has 0 aliphatic carbocycles. The second-order valence-electron chi connectivity index (χ2n) is 5.82. The van der Waals surface area contributed by atoms with Gasteiger partial charge in [0.25, 0.3) is 0 Å². The number of hydrogen-bond acceptors (Lipinski definition) is 5. The average molecular weight is 315 g/mol. The summed E-state index contributed by atoms with van der Waals surface area (Å²) in [6.07, 6.45) is -0.161. The summed E-state index contributed by atoms with van der Waals surface area (Å²) < 4.78 is 6.02. The first-order chi connectivity index (χ1) is 11.2. The quantitative estimate of drug-likeness (QED) is 0.781. The highest BCUT2D eigenvalue weighted by molar-refractivity contribution is 5.62. The van der Waals surface area contributed by atoms with Gasteiger partial charge < -0.3 is 25.0 Å². The Hall–Kier alpha value is -2.24. The molecule has 0 aromatic heterocycles. The maximum Gasteiger partial charge on any atom is 0.146 e. The first-order valence-corrected chi connectivity index (χ1v) is 7.73. The number of β-amino-alcohol motifs (C(OH)–C–C–N with tert-alkyl or cyclic N) is 1. The number of aliphatic hydroxyl groups excluding tert-OH is 2. The number of benzene rings is 2. The maximum absolute atomic E-state index is 9.78. The van der Waals surface area contributed by atoms with Crippen molar-refractivity contribution in [3.63, 3.8) is 0 Å². The minimum atomic E-state index is -0.813. The smallest absolute Gasteiger partial charge is 0.146 e. The van der Waals surface area contributed by atoms with Crippen molar-refractivity contribution < 1.29 is 20.1 Å². The van der Waals surface area contributed by atoms with E-state index in [2.05, 4.69) is 0 Å². The van der Waals surface area contributed by atoms with Gasteiger partial charge in [-0.1, -0.05) is 30.3 Å². The van der Waals surface area contributed by atoms with E-state index in [9.17, 15) is 10.2 Å². The Labute approximate surface area is 135 Å². The zero-order valence-corrected chi connectivity index (χ0v) is 12.8. The zero-order valence-electron chi connectivity index (χ0n) is 12.8. The minimum absolute atomic E-state index is 0.0856. The molecule has 2 aromatic rings. The molecule has 0 radical (unpaired) electrons. The molecule has 0 saturated carbocycles. The first-order valence-electron chi connectivity index (χ1n) is 7.73. The molecule has 5 nitrogen and oxygen atoms in total. The van der Waals surface area contributed by atoms with Crippen molar-refractivity contribution in [2.75, 3.05) is 24.6 Å². The van der Waals surface area contributed by atoms with Gasteiger partial charge >= 0.3 is 0 Å². The third-order valence-corrected chi connectivity index (χ3v) is 3.95. The lowest BCUT2D eigenvalue weighted by molar-refractivity contribution is 0.0953. The van der Waals surface area contributed by atoms with Crippen LogP contribution in [-0.4, -0.2) is 47.2 Å². The van der Waals surface area contributed by atoms with E-state index in [0.717, 1.165) is 12.1 Å². The topological polar surface area (TPSA) is 73.2 Å². The van der Waals surface area contributed by atoms with Gasteiger partial charge in [0.1, 0.15) is 17.6 Å². The number of ether oxygens (including phenoxy) is 1. The molecular weight excluding hydrogens is 294 g/mol. The van der Waals surface area contributed by atoms with Crippen molar-refractivity contribution in [1.82, 2.24) is 0 Å². The molecule has 0 spiro atoms. The Kier molecular flexibility index (Phi) is 4.69. The number of nitrogens with zero attached hydrogens (tertiary/aromatic N) is 1. The van der Waals surface area contributed by atoms with Crippen LogP contribution in [0.3, 0.4) is 0 Å². The van der Waals surface area contributed by atoms with Crippen molar-refractivity contribution in [1.29, 1.82) is 0 Å². The fourth-order valence-corrected chi connectivity index (χ4v) is 2.89. The fourth-order valence-electron chi connectivity index (χ4n) is 2.89. The number of aromatic hydroxyl groups is 1. The number of rotatable bonds is 5. The second-order valence-corrected chi connectivity index (χ2v) is 5.82.